The van der Waals surface area contributed by atoms with E-state index in [4.69, 9.17) is 0 Å². The van der Waals surface area contributed by atoms with E-state index < -0.39 is 5.91 Å². The summed E-state index contributed by atoms with van der Waals surface area (Å²) in [7, 11) is 1.83. The van der Waals surface area contributed by atoms with Crippen LogP contribution in [0.15, 0.2) is 9.90 Å². The minimum absolute atomic E-state index is 0.0610. The van der Waals surface area contributed by atoms with Crippen LogP contribution >= 0.6 is 0 Å². The number of hydrazone groups is 1. The van der Waals surface area contributed by atoms with Crippen LogP contribution in [0, 0.1) is 6.92 Å². The summed E-state index contributed by atoms with van der Waals surface area (Å²) in [4.78, 5) is 36.0. The highest BCUT2D eigenvalue weighted by Gasteiger charge is 2.27. The van der Waals surface area contributed by atoms with Gasteiger partial charge in [0, 0.05) is 7.05 Å². The van der Waals surface area contributed by atoms with E-state index in [2.05, 4.69) is 15.8 Å². The Hall–Kier alpha value is -2.38. The van der Waals surface area contributed by atoms with E-state index in [1.54, 1.807) is 11.6 Å². The first-order valence-electron chi connectivity index (χ1n) is 7.94. The molecule has 1 aliphatic carbocycles. The summed E-state index contributed by atoms with van der Waals surface area (Å²) in [5, 5.41) is 6.31. The number of hydrogen-bond donors (Lipinski definition) is 2. The molecule has 0 saturated heterocycles. The summed E-state index contributed by atoms with van der Waals surface area (Å²) in [5.41, 5.74) is 3.11. The Morgan fingerprint density at radius 3 is 2.57 bits per heavy atom. The molecule has 0 atom stereocenters. The number of nitrogens with zero attached hydrogens (tertiary/aromatic N) is 3. The lowest BCUT2D eigenvalue weighted by atomic mass is 9.96. The Bertz CT molecular complexity index is 737. The summed E-state index contributed by atoms with van der Waals surface area (Å²) < 4.78 is 3.55. The maximum Gasteiger partial charge on any atom is 0.291 e. The number of carbonyl (C=O) groups excluding carboxylic acids is 2. The van der Waals surface area contributed by atoms with Crippen LogP contribution in [0.3, 0.4) is 0 Å². The molecule has 2 heterocycles. The molecule has 2 N–H and O–H groups in total. The fourth-order valence-electron chi connectivity index (χ4n) is 3.29. The first-order chi connectivity index (χ1) is 11.0. The van der Waals surface area contributed by atoms with Crippen molar-refractivity contribution >= 4 is 23.2 Å². The van der Waals surface area contributed by atoms with Crippen molar-refractivity contribution in [3.8, 4) is 0 Å². The zero-order chi connectivity index (χ0) is 16.6. The highest BCUT2D eigenvalue weighted by Crippen LogP contribution is 2.28. The Morgan fingerprint density at radius 1 is 1.26 bits per heavy atom. The predicted molar refractivity (Wildman–Crippen MR) is 85.4 cm³/mol. The molecule has 1 aromatic rings. The minimum Gasteiger partial charge on any atom is -0.315 e. The zero-order valence-corrected chi connectivity index (χ0v) is 13.4. The number of nitrogens with one attached hydrogen (secondary N) is 2. The highest BCUT2D eigenvalue weighted by molar-refractivity contribution is 6.46. The predicted octanol–water partition coefficient (Wildman–Crippen LogP) is 0.815. The molecule has 0 spiro atoms. The highest BCUT2D eigenvalue weighted by atomic mass is 16.2. The van der Waals surface area contributed by atoms with Gasteiger partial charge >= 0.3 is 0 Å². The van der Waals surface area contributed by atoms with E-state index >= 15 is 0 Å². The number of carbonyl (C=O) groups is 2. The van der Waals surface area contributed by atoms with Crippen LogP contribution in [0.4, 0.5) is 5.69 Å². The smallest absolute Gasteiger partial charge is 0.291 e. The van der Waals surface area contributed by atoms with E-state index in [0.717, 1.165) is 25.7 Å². The van der Waals surface area contributed by atoms with Crippen molar-refractivity contribution in [3.63, 3.8) is 0 Å². The molecule has 2 amide bonds. The minimum atomic E-state index is -0.509. The monoisotopic (exact) mass is 319 g/mol. The summed E-state index contributed by atoms with van der Waals surface area (Å²) in [6.07, 6.45) is 5.35. The first kappa shape index (κ1) is 15.5. The Balaban J connectivity index is 1.87. The van der Waals surface area contributed by atoms with E-state index in [1.807, 2.05) is 11.7 Å². The first-order valence-corrected chi connectivity index (χ1v) is 7.94. The normalized spacial score (nSPS) is 18.7. The Kier molecular flexibility index (Phi) is 4.06. The fourth-order valence-corrected chi connectivity index (χ4v) is 3.29. The SMILES string of the molecule is Cc1c(NC(=O)C2=NNC(=O)C2)c(=O)n(C2CCCCC2)n1C. The van der Waals surface area contributed by atoms with Crippen molar-refractivity contribution < 1.29 is 9.59 Å². The number of hydrogen-bond acceptors (Lipinski definition) is 4. The van der Waals surface area contributed by atoms with Crippen LogP contribution < -0.4 is 16.3 Å². The second-order valence-electron chi connectivity index (χ2n) is 6.15. The molecule has 23 heavy (non-hydrogen) atoms. The summed E-state index contributed by atoms with van der Waals surface area (Å²) in [6.45, 7) is 1.80. The second-order valence-corrected chi connectivity index (χ2v) is 6.15. The quantitative estimate of drug-likeness (QED) is 0.863. The van der Waals surface area contributed by atoms with Gasteiger partial charge in [-0.05, 0) is 19.8 Å². The maximum absolute atomic E-state index is 12.7. The molecule has 1 aliphatic heterocycles. The molecule has 0 unspecified atom stereocenters. The lowest BCUT2D eigenvalue weighted by Crippen LogP contribution is -2.30. The van der Waals surface area contributed by atoms with Gasteiger partial charge < -0.3 is 5.32 Å². The molecule has 0 aromatic carbocycles. The van der Waals surface area contributed by atoms with Crippen LogP contribution in [-0.2, 0) is 16.6 Å². The zero-order valence-electron chi connectivity index (χ0n) is 13.4. The van der Waals surface area contributed by atoms with Crippen LogP contribution in [0.1, 0.15) is 50.3 Å². The van der Waals surface area contributed by atoms with E-state index in [0.29, 0.717) is 5.69 Å². The van der Waals surface area contributed by atoms with Crippen LogP contribution in [0.2, 0.25) is 0 Å². The van der Waals surface area contributed by atoms with Crippen molar-refractivity contribution in [2.75, 3.05) is 5.32 Å². The summed E-state index contributed by atoms with van der Waals surface area (Å²) >= 11 is 0. The van der Waals surface area contributed by atoms with Gasteiger partial charge in [0.05, 0.1) is 18.2 Å². The average Bonchev–Trinajstić information content (AvgIpc) is 3.06. The summed E-state index contributed by atoms with van der Waals surface area (Å²) in [5.74, 6) is -0.829. The van der Waals surface area contributed by atoms with Gasteiger partial charge in [-0.1, -0.05) is 19.3 Å². The molecule has 3 rings (SSSR count). The third-order valence-electron chi connectivity index (χ3n) is 4.66. The molecule has 0 radical (unpaired) electrons. The number of amides is 2. The topological polar surface area (TPSA) is 97.5 Å². The lowest BCUT2D eigenvalue weighted by molar-refractivity contribution is -0.119. The third-order valence-corrected chi connectivity index (χ3v) is 4.66. The number of aromatic nitrogens is 2. The molecule has 1 saturated carbocycles. The fraction of sp³-hybridized carbons (Fsp3) is 0.600. The lowest BCUT2D eigenvalue weighted by Gasteiger charge is -2.24. The molecular formula is C15H21N5O3. The molecule has 0 bridgehead atoms. The van der Waals surface area contributed by atoms with Gasteiger partial charge in [-0.2, -0.15) is 5.10 Å². The van der Waals surface area contributed by atoms with Gasteiger partial charge in [0.25, 0.3) is 11.5 Å². The van der Waals surface area contributed by atoms with Crippen LogP contribution in [-0.4, -0.2) is 26.9 Å². The molecule has 8 heteroatoms. The van der Waals surface area contributed by atoms with Crippen molar-refractivity contribution in [3.05, 3.63) is 16.0 Å². The van der Waals surface area contributed by atoms with Crippen molar-refractivity contribution in [2.24, 2.45) is 12.1 Å². The van der Waals surface area contributed by atoms with Gasteiger partial charge in [0.15, 0.2) is 0 Å². The number of anilines is 1. The second kappa shape index (κ2) is 6.02. The van der Waals surface area contributed by atoms with Crippen molar-refractivity contribution in [2.45, 2.75) is 51.5 Å². The molecular weight excluding hydrogens is 298 g/mol. The Morgan fingerprint density at radius 2 is 1.96 bits per heavy atom. The molecule has 1 aromatic heterocycles. The largest absolute Gasteiger partial charge is 0.315 e. The van der Waals surface area contributed by atoms with Crippen molar-refractivity contribution in [1.29, 1.82) is 0 Å². The molecule has 2 aliphatic rings. The standard InChI is InChI=1S/C15H21N5O3/c1-9-13(16-14(22)11-8-12(21)18-17-11)15(23)20(19(9)2)10-6-4-3-5-7-10/h10H,3-8H2,1-2H3,(H,16,22)(H,18,21). The van der Waals surface area contributed by atoms with E-state index in [9.17, 15) is 14.4 Å². The van der Waals surface area contributed by atoms with Crippen LogP contribution in [0.25, 0.3) is 0 Å². The van der Waals surface area contributed by atoms with Gasteiger partial charge in [-0.3, -0.25) is 19.1 Å². The van der Waals surface area contributed by atoms with Crippen LogP contribution in [0.5, 0.6) is 0 Å². The number of rotatable bonds is 3. The Labute approximate surface area is 133 Å². The van der Waals surface area contributed by atoms with Crippen molar-refractivity contribution in [1.82, 2.24) is 14.8 Å². The average molecular weight is 319 g/mol. The molecule has 124 valence electrons. The van der Waals surface area contributed by atoms with Gasteiger partial charge in [0.2, 0.25) is 5.91 Å². The van der Waals surface area contributed by atoms with Gasteiger partial charge in [-0.25, -0.2) is 10.1 Å². The summed E-state index contributed by atoms with van der Waals surface area (Å²) in [6, 6.07) is 0.178. The third kappa shape index (κ3) is 2.80. The maximum atomic E-state index is 12.7. The van der Waals surface area contributed by atoms with Gasteiger partial charge in [-0.15, -0.1) is 0 Å². The van der Waals surface area contributed by atoms with E-state index in [-0.39, 0.29) is 35.3 Å². The van der Waals surface area contributed by atoms with E-state index in [1.165, 1.54) is 6.42 Å². The van der Waals surface area contributed by atoms with Gasteiger partial charge in [0.1, 0.15) is 11.4 Å². The molecule has 1 fully saturated rings. The molecule has 8 nitrogen and oxygen atoms in total.